The molecule has 0 amide bonds. The second-order valence-corrected chi connectivity index (χ2v) is 12.1. The van der Waals surface area contributed by atoms with Crippen LogP contribution in [0.3, 0.4) is 0 Å². The van der Waals surface area contributed by atoms with Gasteiger partial charge in [-0.1, -0.05) is 0 Å². The molecular weight excluding hydrogens is 368 g/mol. The van der Waals surface area contributed by atoms with Crippen molar-refractivity contribution in [2.24, 2.45) is 40.9 Å². The van der Waals surface area contributed by atoms with E-state index in [1.807, 2.05) is 0 Å². The van der Waals surface area contributed by atoms with Crippen LogP contribution in [-0.4, -0.2) is 41.8 Å². The molecule has 1 spiro atoms. The fourth-order valence-corrected chi connectivity index (χ4v) is 9.69. The van der Waals surface area contributed by atoms with Gasteiger partial charge in [0.15, 0.2) is 17.9 Å². The molecule has 0 aromatic rings. The first kappa shape index (κ1) is 18.1. The summed E-state index contributed by atoms with van der Waals surface area (Å²) in [5.41, 5.74) is -0.949. The Labute approximate surface area is 172 Å². The quantitative estimate of drug-likeness (QED) is 0.781. The third-order valence-corrected chi connectivity index (χ3v) is 10.1. The fraction of sp³-hybridized carbons (Fsp3) is 0.958. The van der Waals surface area contributed by atoms with Gasteiger partial charge in [-0.05, 0) is 94.3 Å². The van der Waals surface area contributed by atoms with Crippen molar-refractivity contribution in [1.29, 1.82) is 0 Å². The summed E-state index contributed by atoms with van der Waals surface area (Å²) in [6, 6.07) is 0. The van der Waals surface area contributed by atoms with Gasteiger partial charge in [0.1, 0.15) is 13.2 Å². The van der Waals surface area contributed by atoms with Gasteiger partial charge in [0.25, 0.3) is 0 Å². The Balaban J connectivity index is 1.02. The maximum absolute atomic E-state index is 13.3. The third-order valence-electron chi connectivity index (χ3n) is 10.1. The van der Waals surface area contributed by atoms with Crippen molar-refractivity contribution in [3.63, 3.8) is 0 Å². The number of hydrogen-bond acceptors (Lipinski definition) is 5. The highest BCUT2D eigenvalue weighted by Crippen LogP contribution is 2.63. The van der Waals surface area contributed by atoms with Crippen LogP contribution in [0.5, 0.6) is 0 Å². The maximum Gasteiger partial charge on any atom is 0.184 e. The smallest absolute Gasteiger partial charge is 0.184 e. The fourth-order valence-electron chi connectivity index (χ4n) is 9.69. The molecule has 0 aromatic carbocycles. The van der Waals surface area contributed by atoms with Crippen molar-refractivity contribution in [1.82, 2.24) is 0 Å². The van der Waals surface area contributed by atoms with E-state index in [1.165, 1.54) is 38.5 Å². The standard InChI is InChI=1S/C24H34O5/c25-20(22-7-16-2-17(8-22)10-23(26,9-16)13-22)11-27-21-12-28-24(29-21)18-3-14-1-15(5-18)6-19(24)4-14/h14-19,21,26H,1-13H2. The lowest BCUT2D eigenvalue weighted by atomic mass is 9.47. The Kier molecular flexibility index (Phi) is 3.65. The molecule has 5 heteroatoms. The molecule has 3 unspecified atom stereocenters. The summed E-state index contributed by atoms with van der Waals surface area (Å²) in [5.74, 6) is 3.58. The van der Waals surface area contributed by atoms with E-state index in [9.17, 15) is 9.90 Å². The topological polar surface area (TPSA) is 65.0 Å². The lowest BCUT2D eigenvalue weighted by molar-refractivity contribution is -0.310. The van der Waals surface area contributed by atoms with Crippen molar-refractivity contribution in [3.05, 3.63) is 0 Å². The highest BCUT2D eigenvalue weighted by molar-refractivity contribution is 5.86. The highest BCUT2D eigenvalue weighted by atomic mass is 16.8. The van der Waals surface area contributed by atoms with E-state index in [-0.39, 0.29) is 17.8 Å². The van der Waals surface area contributed by atoms with Gasteiger partial charge < -0.3 is 19.3 Å². The SMILES string of the molecule is O=C(COC1COC2(O1)C1CC3CC(C1)CC2C3)C12CC3CC(CC(O)(C3)C1)C2. The zero-order chi connectivity index (χ0) is 19.4. The molecule has 8 aliphatic carbocycles. The van der Waals surface area contributed by atoms with Gasteiger partial charge in [-0.3, -0.25) is 4.79 Å². The van der Waals surface area contributed by atoms with Crippen LogP contribution in [0.1, 0.15) is 70.6 Å². The molecule has 9 rings (SSSR count). The average Bonchev–Trinajstić information content (AvgIpc) is 3.07. The van der Waals surface area contributed by atoms with Gasteiger partial charge in [-0.2, -0.15) is 0 Å². The normalized spacial score (nSPS) is 59.1. The molecule has 5 nitrogen and oxygen atoms in total. The van der Waals surface area contributed by atoms with Crippen LogP contribution in [0, 0.1) is 40.9 Å². The molecule has 9 fully saturated rings. The van der Waals surface area contributed by atoms with Crippen LogP contribution in [-0.2, 0) is 19.0 Å². The molecule has 1 N–H and O–H groups in total. The predicted octanol–water partition coefficient (Wildman–Crippen LogP) is 3.43. The van der Waals surface area contributed by atoms with E-state index >= 15 is 0 Å². The number of carbonyl (C=O) groups is 1. The van der Waals surface area contributed by atoms with Crippen LogP contribution >= 0.6 is 0 Å². The highest BCUT2D eigenvalue weighted by Gasteiger charge is 2.63. The van der Waals surface area contributed by atoms with Gasteiger partial charge in [-0.25, -0.2) is 0 Å². The van der Waals surface area contributed by atoms with Crippen LogP contribution < -0.4 is 0 Å². The second-order valence-electron chi connectivity index (χ2n) is 12.1. The molecule has 1 heterocycles. The third kappa shape index (κ3) is 2.57. The van der Waals surface area contributed by atoms with E-state index < -0.39 is 17.7 Å². The van der Waals surface area contributed by atoms with Gasteiger partial charge in [0.05, 0.1) is 5.60 Å². The number of aliphatic hydroxyl groups is 1. The first-order valence-electron chi connectivity index (χ1n) is 12.1. The zero-order valence-electron chi connectivity index (χ0n) is 17.3. The van der Waals surface area contributed by atoms with Gasteiger partial charge in [-0.15, -0.1) is 0 Å². The van der Waals surface area contributed by atoms with Gasteiger partial charge in [0.2, 0.25) is 0 Å². The molecular formula is C24H34O5. The molecule has 8 saturated carbocycles. The van der Waals surface area contributed by atoms with Crippen LogP contribution in [0.25, 0.3) is 0 Å². The zero-order valence-corrected chi connectivity index (χ0v) is 17.3. The van der Waals surface area contributed by atoms with Crippen LogP contribution in [0.4, 0.5) is 0 Å². The number of ketones is 1. The van der Waals surface area contributed by atoms with E-state index in [4.69, 9.17) is 14.2 Å². The summed E-state index contributed by atoms with van der Waals surface area (Å²) >= 11 is 0. The minimum atomic E-state index is -0.600. The Morgan fingerprint density at radius 3 is 2.14 bits per heavy atom. The van der Waals surface area contributed by atoms with Crippen molar-refractivity contribution >= 4 is 5.78 Å². The number of carbonyl (C=O) groups excluding carboxylic acids is 1. The molecule has 9 aliphatic rings. The summed E-state index contributed by atoms with van der Waals surface area (Å²) in [6.07, 6.45) is 11.5. The number of rotatable bonds is 4. The summed E-state index contributed by atoms with van der Waals surface area (Å²) in [5, 5.41) is 10.9. The minimum Gasteiger partial charge on any atom is -0.390 e. The largest absolute Gasteiger partial charge is 0.390 e. The van der Waals surface area contributed by atoms with E-state index in [1.54, 1.807) is 0 Å². The Hall–Kier alpha value is -0.490. The summed E-state index contributed by atoms with van der Waals surface area (Å²) in [6.45, 7) is 0.567. The summed E-state index contributed by atoms with van der Waals surface area (Å²) in [4.78, 5) is 13.3. The van der Waals surface area contributed by atoms with Crippen LogP contribution in [0.2, 0.25) is 0 Å². The second kappa shape index (κ2) is 5.85. The molecule has 29 heavy (non-hydrogen) atoms. The molecule has 8 bridgehead atoms. The molecule has 3 atom stereocenters. The Morgan fingerprint density at radius 1 is 0.897 bits per heavy atom. The summed E-state index contributed by atoms with van der Waals surface area (Å²) < 4.78 is 18.8. The molecule has 0 aromatic heterocycles. The molecule has 0 radical (unpaired) electrons. The Morgan fingerprint density at radius 2 is 1.52 bits per heavy atom. The molecule has 1 aliphatic heterocycles. The van der Waals surface area contributed by atoms with Crippen molar-refractivity contribution in [2.75, 3.05) is 13.2 Å². The average molecular weight is 403 g/mol. The first-order chi connectivity index (χ1) is 13.9. The minimum absolute atomic E-state index is 0.111. The number of Topliss-reactive ketones (excluding diaryl/α,β-unsaturated/α-hetero) is 1. The van der Waals surface area contributed by atoms with Crippen molar-refractivity contribution in [3.8, 4) is 0 Å². The van der Waals surface area contributed by atoms with Gasteiger partial charge >= 0.3 is 0 Å². The maximum atomic E-state index is 13.3. The number of hydrogen-bond donors (Lipinski definition) is 1. The van der Waals surface area contributed by atoms with Gasteiger partial charge in [0, 0.05) is 17.3 Å². The lowest BCUT2D eigenvalue weighted by Gasteiger charge is -2.59. The molecule has 160 valence electrons. The van der Waals surface area contributed by atoms with Crippen LogP contribution in [0.15, 0.2) is 0 Å². The number of ether oxygens (including phenoxy) is 3. The van der Waals surface area contributed by atoms with Crippen molar-refractivity contribution < 1.29 is 24.1 Å². The summed E-state index contributed by atoms with van der Waals surface area (Å²) in [7, 11) is 0. The lowest BCUT2D eigenvalue weighted by Crippen LogP contribution is -2.59. The monoisotopic (exact) mass is 402 g/mol. The first-order valence-corrected chi connectivity index (χ1v) is 12.1. The Bertz CT molecular complexity index is 689. The van der Waals surface area contributed by atoms with E-state index in [2.05, 4.69) is 0 Å². The van der Waals surface area contributed by atoms with E-state index in [0.717, 1.165) is 37.5 Å². The van der Waals surface area contributed by atoms with E-state index in [0.29, 0.717) is 36.7 Å². The predicted molar refractivity (Wildman–Crippen MR) is 104 cm³/mol. The molecule has 1 saturated heterocycles. The van der Waals surface area contributed by atoms with Crippen molar-refractivity contribution in [2.45, 2.75) is 88.3 Å².